The summed E-state index contributed by atoms with van der Waals surface area (Å²) in [6.07, 6.45) is 1.35. The molecule has 0 saturated carbocycles. The zero-order chi connectivity index (χ0) is 31.5. The van der Waals surface area contributed by atoms with Gasteiger partial charge in [-0.2, -0.15) is 0 Å². The molecular weight excluding hydrogens is 576 g/mol. The van der Waals surface area contributed by atoms with E-state index in [9.17, 15) is 14.4 Å². The van der Waals surface area contributed by atoms with E-state index in [0.29, 0.717) is 47.6 Å². The van der Waals surface area contributed by atoms with E-state index >= 15 is 0 Å². The number of benzene rings is 2. The van der Waals surface area contributed by atoms with Crippen molar-refractivity contribution in [3.05, 3.63) is 87.0 Å². The van der Waals surface area contributed by atoms with E-state index in [1.807, 2.05) is 51.3 Å². The molecule has 5 rings (SSSR count). The number of rotatable bonds is 8. The molecule has 1 atom stereocenters. The molecule has 4 N–H and O–H groups in total. The first-order chi connectivity index (χ1) is 21.1. The van der Waals surface area contributed by atoms with E-state index in [-0.39, 0.29) is 23.4 Å². The molecule has 1 unspecified atom stereocenters. The van der Waals surface area contributed by atoms with Crippen LogP contribution < -0.4 is 21.1 Å². The molecular formula is C34H36N4O5S. The maximum Gasteiger partial charge on any atom is 0.357 e. The molecule has 0 saturated heterocycles. The van der Waals surface area contributed by atoms with E-state index in [4.69, 9.17) is 15.2 Å². The van der Waals surface area contributed by atoms with Crippen LogP contribution in [0.5, 0.6) is 5.75 Å². The average molecular weight is 613 g/mol. The van der Waals surface area contributed by atoms with Crippen LogP contribution in [0.4, 0.5) is 5.69 Å². The van der Waals surface area contributed by atoms with Crippen LogP contribution in [-0.2, 0) is 17.7 Å². The van der Waals surface area contributed by atoms with Crippen LogP contribution in [0.15, 0.2) is 47.8 Å². The molecule has 9 nitrogen and oxygen atoms in total. The topological polar surface area (TPSA) is 133 Å². The van der Waals surface area contributed by atoms with Gasteiger partial charge in [0.2, 0.25) is 0 Å². The number of methoxy groups -OCH3 is 1. The number of fused-ring (bicyclic) bond motifs is 3. The number of hydrogen-bond acceptors (Lipinski definition) is 8. The van der Waals surface area contributed by atoms with Crippen molar-refractivity contribution in [1.29, 1.82) is 0 Å². The van der Waals surface area contributed by atoms with Gasteiger partial charge in [0.05, 0.1) is 7.11 Å². The van der Waals surface area contributed by atoms with E-state index in [1.54, 1.807) is 29.5 Å². The Morgan fingerprint density at radius 3 is 2.48 bits per heavy atom. The fraction of sp³-hybridized carbons (Fsp3) is 0.294. The fourth-order valence-electron chi connectivity index (χ4n) is 5.50. The van der Waals surface area contributed by atoms with Gasteiger partial charge in [0.1, 0.15) is 17.5 Å². The summed E-state index contributed by atoms with van der Waals surface area (Å²) in [5.41, 5.74) is 12.3. The Kier molecular flexibility index (Phi) is 9.12. The number of carbonyl (C=O) groups is 3. The second-order valence-corrected chi connectivity index (χ2v) is 11.8. The maximum absolute atomic E-state index is 14.2. The molecule has 44 heavy (non-hydrogen) atoms. The number of aromatic nitrogens is 1. The van der Waals surface area contributed by atoms with Crippen molar-refractivity contribution in [2.45, 2.75) is 53.2 Å². The van der Waals surface area contributed by atoms with Crippen LogP contribution in [0.1, 0.15) is 73.9 Å². The number of nitrogens with zero attached hydrogens (tertiary/aromatic N) is 1. The molecule has 2 aromatic heterocycles. The minimum atomic E-state index is -0.731. The largest absolute Gasteiger partial charge is 0.490 e. The highest BCUT2D eigenvalue weighted by molar-refractivity contribution is 7.13. The summed E-state index contributed by atoms with van der Waals surface area (Å²) < 4.78 is 11.4. The smallest absolute Gasteiger partial charge is 0.357 e. The van der Waals surface area contributed by atoms with Gasteiger partial charge in [-0.25, -0.2) is 9.78 Å². The second kappa shape index (κ2) is 13.0. The fourth-order valence-corrected chi connectivity index (χ4v) is 6.46. The van der Waals surface area contributed by atoms with Crippen molar-refractivity contribution in [2.24, 2.45) is 5.73 Å². The highest BCUT2D eigenvalue weighted by Crippen LogP contribution is 2.44. The number of nitrogens with one attached hydrogen (secondary N) is 2. The Labute approximate surface area is 260 Å². The lowest BCUT2D eigenvalue weighted by Crippen LogP contribution is -2.26. The number of esters is 1. The lowest BCUT2D eigenvalue weighted by Gasteiger charge is -2.20. The predicted octanol–water partition coefficient (Wildman–Crippen LogP) is 6.05. The molecule has 0 fully saturated rings. The Morgan fingerprint density at radius 1 is 1.05 bits per heavy atom. The number of anilines is 1. The lowest BCUT2D eigenvalue weighted by atomic mass is 9.93. The van der Waals surface area contributed by atoms with Gasteiger partial charge in [-0.3, -0.25) is 9.59 Å². The number of nitrogens with two attached hydrogens (primary N) is 1. The van der Waals surface area contributed by atoms with Crippen LogP contribution in [0.2, 0.25) is 0 Å². The third-order valence-corrected chi connectivity index (χ3v) is 8.58. The first-order valence-corrected chi connectivity index (χ1v) is 15.4. The molecule has 228 valence electrons. The maximum atomic E-state index is 14.2. The van der Waals surface area contributed by atoms with Crippen LogP contribution in [0.3, 0.4) is 0 Å². The number of amides is 2. The Bertz CT molecular complexity index is 1740. The van der Waals surface area contributed by atoms with E-state index in [0.717, 1.165) is 39.1 Å². The summed E-state index contributed by atoms with van der Waals surface area (Å²) in [6, 6.07) is 12.8. The lowest BCUT2D eigenvalue weighted by molar-refractivity contribution is 0.0594. The SMILES string of the molecule is CCCNC(=O)c1ccc(-c2cc3c(cc2C(=O)Nc2c(C)cc(CN)cc2C)-c2sccc2CC(C)O3)c(C(=O)OC)n1. The molecule has 3 heterocycles. The van der Waals surface area contributed by atoms with Crippen LogP contribution in [0, 0.1) is 13.8 Å². The highest BCUT2D eigenvalue weighted by atomic mass is 32.1. The number of carbonyl (C=O) groups excluding carboxylic acids is 3. The van der Waals surface area contributed by atoms with Gasteiger partial charge >= 0.3 is 5.97 Å². The number of thiophene rings is 1. The molecule has 1 aliphatic heterocycles. The van der Waals surface area contributed by atoms with Crippen molar-refractivity contribution in [3.8, 4) is 27.3 Å². The van der Waals surface area contributed by atoms with Crippen molar-refractivity contribution in [2.75, 3.05) is 19.0 Å². The molecule has 2 aromatic carbocycles. The predicted molar refractivity (Wildman–Crippen MR) is 173 cm³/mol. The standard InChI is InChI=1S/C34H36N4O5S/c1-6-10-36-33(40)27-8-7-23(30(37-27)34(41)42-5)24-16-28-26(31-22(9-11-44-31)14-20(4)43-28)15-25(24)32(39)38-29-18(2)12-21(17-35)13-19(29)3/h7-9,11-13,15-16,20H,6,10,14,17,35H2,1-5H3,(H,36,40)(H,38,39). The Morgan fingerprint density at radius 2 is 1.80 bits per heavy atom. The molecule has 0 radical (unpaired) electrons. The van der Waals surface area contributed by atoms with Gasteiger partial charge in [-0.1, -0.05) is 19.1 Å². The summed E-state index contributed by atoms with van der Waals surface area (Å²) in [6.45, 7) is 8.65. The van der Waals surface area contributed by atoms with Crippen LogP contribution in [-0.4, -0.2) is 42.5 Å². The monoisotopic (exact) mass is 612 g/mol. The van der Waals surface area contributed by atoms with Gasteiger partial charge in [0.15, 0.2) is 5.69 Å². The first kappa shape index (κ1) is 30.9. The van der Waals surface area contributed by atoms with Gasteiger partial charge in [0.25, 0.3) is 11.8 Å². The van der Waals surface area contributed by atoms with Crippen molar-refractivity contribution < 1.29 is 23.9 Å². The third kappa shape index (κ3) is 6.09. The minimum absolute atomic E-state index is 0.0719. The minimum Gasteiger partial charge on any atom is -0.490 e. The number of ether oxygens (including phenoxy) is 2. The molecule has 2 amide bonds. The first-order valence-electron chi connectivity index (χ1n) is 14.6. The molecule has 10 heteroatoms. The summed E-state index contributed by atoms with van der Waals surface area (Å²) in [5, 5.41) is 7.92. The number of hydrogen-bond donors (Lipinski definition) is 3. The van der Waals surface area contributed by atoms with Gasteiger partial charge < -0.3 is 25.8 Å². The summed E-state index contributed by atoms with van der Waals surface area (Å²) in [5.74, 6) is -0.918. The van der Waals surface area contributed by atoms with Crippen LogP contribution in [0.25, 0.3) is 21.6 Å². The molecule has 0 bridgehead atoms. The summed E-state index contributed by atoms with van der Waals surface area (Å²) in [7, 11) is 1.25. The Balaban J connectivity index is 1.71. The highest BCUT2D eigenvalue weighted by Gasteiger charge is 2.28. The van der Waals surface area contributed by atoms with E-state index in [2.05, 4.69) is 21.7 Å². The number of pyridine rings is 1. The molecule has 1 aliphatic rings. The molecule has 0 spiro atoms. The van der Waals surface area contributed by atoms with Gasteiger partial charge in [-0.15, -0.1) is 11.3 Å². The average Bonchev–Trinajstić information content (AvgIpc) is 3.42. The number of aryl methyl sites for hydroxylation is 2. The third-order valence-electron chi connectivity index (χ3n) is 7.59. The zero-order valence-electron chi connectivity index (χ0n) is 25.5. The quantitative estimate of drug-likeness (QED) is 0.206. The summed E-state index contributed by atoms with van der Waals surface area (Å²) >= 11 is 1.59. The Hall–Kier alpha value is -4.54. The van der Waals surface area contributed by atoms with Gasteiger partial charge in [-0.05, 0) is 85.2 Å². The molecule has 0 aliphatic carbocycles. The van der Waals surface area contributed by atoms with E-state index < -0.39 is 11.9 Å². The zero-order valence-corrected chi connectivity index (χ0v) is 26.3. The van der Waals surface area contributed by atoms with Crippen molar-refractivity contribution in [1.82, 2.24) is 10.3 Å². The van der Waals surface area contributed by atoms with Crippen LogP contribution >= 0.6 is 11.3 Å². The summed E-state index contributed by atoms with van der Waals surface area (Å²) in [4.78, 5) is 45.5. The second-order valence-electron chi connectivity index (χ2n) is 10.9. The van der Waals surface area contributed by atoms with E-state index in [1.165, 1.54) is 7.11 Å². The van der Waals surface area contributed by atoms with Crippen molar-refractivity contribution >= 4 is 34.8 Å². The van der Waals surface area contributed by atoms with Crippen molar-refractivity contribution in [3.63, 3.8) is 0 Å². The normalized spacial score (nSPS) is 13.6. The van der Waals surface area contributed by atoms with Gasteiger partial charge in [0, 0.05) is 52.3 Å². The molecule has 4 aromatic rings.